The van der Waals surface area contributed by atoms with Crippen LogP contribution >= 0.6 is 0 Å². The lowest BCUT2D eigenvalue weighted by molar-refractivity contribution is -0.133. The number of hydrogen-bond acceptors (Lipinski definition) is 6. The molecule has 0 aliphatic rings. The Morgan fingerprint density at radius 2 is 1.56 bits per heavy atom. The van der Waals surface area contributed by atoms with Gasteiger partial charge in [-0.25, -0.2) is 14.5 Å². The van der Waals surface area contributed by atoms with Gasteiger partial charge < -0.3 is 14.4 Å². The normalized spacial score (nSPS) is 10.5. The van der Waals surface area contributed by atoms with E-state index in [9.17, 15) is 9.59 Å². The van der Waals surface area contributed by atoms with Gasteiger partial charge in [0.15, 0.2) is 12.4 Å². The Hall–Kier alpha value is -4.46. The predicted octanol–water partition coefficient (Wildman–Crippen LogP) is 3.76. The number of methoxy groups -OCH3 is 1. The molecule has 0 bridgehead atoms. The summed E-state index contributed by atoms with van der Waals surface area (Å²) in [6.45, 7) is -0.107. The van der Waals surface area contributed by atoms with Crippen LogP contribution in [-0.4, -0.2) is 52.3 Å². The number of carbonyl (C=O) groups is 2. The minimum absolute atomic E-state index is 0.122. The molecule has 4 aromatic rings. The highest BCUT2D eigenvalue weighted by molar-refractivity contribution is 5.88. The molecule has 1 aromatic heterocycles. The van der Waals surface area contributed by atoms with Gasteiger partial charge in [-0.1, -0.05) is 66.7 Å². The van der Waals surface area contributed by atoms with E-state index in [2.05, 4.69) is 10.1 Å². The largest absolute Gasteiger partial charge is 0.496 e. The van der Waals surface area contributed by atoms with E-state index in [1.807, 2.05) is 84.9 Å². The fourth-order valence-electron chi connectivity index (χ4n) is 3.40. The first-order valence-corrected chi connectivity index (χ1v) is 10.7. The molecule has 0 N–H and O–H groups in total. The second kappa shape index (κ2) is 10.4. The van der Waals surface area contributed by atoms with Gasteiger partial charge in [-0.05, 0) is 18.2 Å². The molecular formula is C26H24N4O4. The molecule has 0 saturated carbocycles. The summed E-state index contributed by atoms with van der Waals surface area (Å²) < 4.78 is 12.2. The van der Waals surface area contributed by atoms with Gasteiger partial charge in [0.25, 0.3) is 11.7 Å². The van der Waals surface area contributed by atoms with Crippen molar-refractivity contribution < 1.29 is 19.1 Å². The minimum atomic E-state index is -0.772. The first kappa shape index (κ1) is 22.7. The topological polar surface area (TPSA) is 86.5 Å². The van der Waals surface area contributed by atoms with E-state index < -0.39 is 12.6 Å². The van der Waals surface area contributed by atoms with Crippen molar-refractivity contribution in [1.82, 2.24) is 19.7 Å². The third-order valence-corrected chi connectivity index (χ3v) is 5.18. The number of hydrogen-bond donors (Lipinski definition) is 0. The molecule has 0 spiro atoms. The lowest BCUT2D eigenvalue weighted by Gasteiger charge is -2.18. The number of rotatable bonds is 8. The molecule has 0 radical (unpaired) electrons. The number of para-hydroxylation sites is 2. The number of amides is 1. The zero-order valence-corrected chi connectivity index (χ0v) is 18.9. The van der Waals surface area contributed by atoms with Gasteiger partial charge in [0.05, 0.1) is 12.8 Å². The van der Waals surface area contributed by atoms with Crippen LogP contribution in [0.5, 0.6) is 5.75 Å². The first-order chi connectivity index (χ1) is 16.6. The van der Waals surface area contributed by atoms with E-state index in [4.69, 9.17) is 9.47 Å². The fraction of sp³-hybridized carbons (Fsp3) is 0.154. The molecule has 1 heterocycles. The number of benzene rings is 3. The average Bonchev–Trinajstić information content (AvgIpc) is 3.34. The van der Waals surface area contributed by atoms with E-state index in [1.54, 1.807) is 18.8 Å². The number of likely N-dealkylation sites (N-methyl/N-ethyl adjacent to an activating group) is 1. The van der Waals surface area contributed by atoms with Crippen molar-refractivity contribution in [2.45, 2.75) is 6.54 Å². The quantitative estimate of drug-likeness (QED) is 0.375. The highest BCUT2D eigenvalue weighted by atomic mass is 16.5. The van der Waals surface area contributed by atoms with Crippen molar-refractivity contribution in [3.63, 3.8) is 0 Å². The van der Waals surface area contributed by atoms with Gasteiger partial charge in [0, 0.05) is 24.7 Å². The number of esters is 1. The number of ether oxygens (including phenoxy) is 2. The third-order valence-electron chi connectivity index (χ3n) is 5.18. The van der Waals surface area contributed by atoms with Gasteiger partial charge in [-0.3, -0.25) is 4.79 Å². The highest BCUT2D eigenvalue weighted by Gasteiger charge is 2.21. The van der Waals surface area contributed by atoms with Crippen molar-refractivity contribution in [2.24, 2.45) is 0 Å². The van der Waals surface area contributed by atoms with Crippen molar-refractivity contribution in [2.75, 3.05) is 20.8 Å². The number of nitrogens with zero attached hydrogens (tertiary/aromatic N) is 4. The summed E-state index contributed by atoms with van der Waals surface area (Å²) in [6, 6.07) is 26.2. The van der Waals surface area contributed by atoms with Gasteiger partial charge in [0.1, 0.15) is 5.75 Å². The molecule has 0 atom stereocenters. The Bertz CT molecular complexity index is 1220. The van der Waals surface area contributed by atoms with Crippen LogP contribution in [0.4, 0.5) is 0 Å². The molecule has 0 unspecified atom stereocenters. The second-order valence-electron chi connectivity index (χ2n) is 7.51. The summed E-state index contributed by atoms with van der Waals surface area (Å²) in [7, 11) is 3.21. The van der Waals surface area contributed by atoms with Crippen LogP contribution < -0.4 is 4.74 Å². The van der Waals surface area contributed by atoms with Crippen molar-refractivity contribution in [3.8, 4) is 22.8 Å². The Kier molecular flexibility index (Phi) is 6.98. The molecule has 4 rings (SSSR count). The van der Waals surface area contributed by atoms with Crippen LogP contribution in [-0.2, 0) is 16.1 Å². The maximum absolute atomic E-state index is 12.7. The molecule has 0 saturated heterocycles. The summed E-state index contributed by atoms with van der Waals surface area (Å²) in [4.78, 5) is 31.1. The molecule has 0 aliphatic carbocycles. The van der Waals surface area contributed by atoms with E-state index in [1.165, 1.54) is 4.90 Å². The van der Waals surface area contributed by atoms with Crippen LogP contribution in [0.25, 0.3) is 17.1 Å². The van der Waals surface area contributed by atoms with Gasteiger partial charge in [-0.2, -0.15) is 0 Å². The summed E-state index contributed by atoms with van der Waals surface area (Å²) in [5.41, 5.74) is 2.40. The molecule has 172 valence electrons. The van der Waals surface area contributed by atoms with Gasteiger partial charge in [0.2, 0.25) is 0 Å². The van der Waals surface area contributed by atoms with Crippen molar-refractivity contribution >= 4 is 11.9 Å². The highest BCUT2D eigenvalue weighted by Crippen LogP contribution is 2.21. The summed E-state index contributed by atoms with van der Waals surface area (Å²) >= 11 is 0. The van der Waals surface area contributed by atoms with Gasteiger partial charge >= 0.3 is 5.97 Å². The lowest BCUT2D eigenvalue weighted by atomic mass is 10.2. The average molecular weight is 457 g/mol. The SMILES string of the molecule is COc1ccccc1CN(C)C(=O)COC(=O)c1nc(-c2ccccc2)n(-c2ccccc2)n1. The van der Waals surface area contributed by atoms with E-state index in [0.29, 0.717) is 18.1 Å². The minimum Gasteiger partial charge on any atom is -0.496 e. The summed E-state index contributed by atoms with van der Waals surface area (Å²) in [5.74, 6) is -0.0690. The standard InChI is InChI=1S/C26H24N4O4/c1-29(17-20-13-9-10-16-22(20)33-2)23(31)18-34-26(32)24-27-25(19-11-5-3-6-12-19)30(28-24)21-14-7-4-8-15-21/h3-16H,17-18H2,1-2H3. The van der Waals surface area contributed by atoms with Crippen LogP contribution in [0, 0.1) is 0 Å². The van der Waals surface area contributed by atoms with E-state index >= 15 is 0 Å². The van der Waals surface area contributed by atoms with Crippen LogP contribution in [0.2, 0.25) is 0 Å². The lowest BCUT2D eigenvalue weighted by Crippen LogP contribution is -2.31. The third kappa shape index (κ3) is 5.12. The second-order valence-corrected chi connectivity index (χ2v) is 7.51. The monoisotopic (exact) mass is 456 g/mol. The zero-order valence-electron chi connectivity index (χ0n) is 18.9. The smallest absolute Gasteiger partial charge is 0.378 e. The van der Waals surface area contributed by atoms with Crippen molar-refractivity contribution in [1.29, 1.82) is 0 Å². The number of carbonyl (C=O) groups excluding carboxylic acids is 2. The molecule has 0 aliphatic heterocycles. The Morgan fingerprint density at radius 3 is 2.26 bits per heavy atom. The molecule has 34 heavy (non-hydrogen) atoms. The molecular weight excluding hydrogens is 432 g/mol. The fourth-order valence-corrected chi connectivity index (χ4v) is 3.40. The molecule has 1 amide bonds. The molecule has 3 aromatic carbocycles. The van der Waals surface area contributed by atoms with Crippen LogP contribution in [0.15, 0.2) is 84.9 Å². The Balaban J connectivity index is 1.48. The van der Waals surface area contributed by atoms with Gasteiger partial charge in [-0.15, -0.1) is 5.10 Å². The van der Waals surface area contributed by atoms with Crippen LogP contribution in [0.1, 0.15) is 16.2 Å². The summed E-state index contributed by atoms with van der Waals surface area (Å²) in [5, 5.41) is 4.36. The maximum atomic E-state index is 12.7. The maximum Gasteiger partial charge on any atom is 0.378 e. The Morgan fingerprint density at radius 1 is 0.912 bits per heavy atom. The molecule has 0 fully saturated rings. The van der Waals surface area contributed by atoms with E-state index in [-0.39, 0.29) is 11.7 Å². The predicted molar refractivity (Wildman–Crippen MR) is 127 cm³/mol. The van der Waals surface area contributed by atoms with Crippen molar-refractivity contribution in [3.05, 3.63) is 96.3 Å². The number of aromatic nitrogens is 3. The van der Waals surface area contributed by atoms with E-state index in [0.717, 1.165) is 16.8 Å². The Labute approximate surface area is 197 Å². The first-order valence-electron chi connectivity index (χ1n) is 10.7. The summed E-state index contributed by atoms with van der Waals surface area (Å²) in [6.07, 6.45) is 0. The zero-order chi connectivity index (χ0) is 23.9. The molecule has 8 nitrogen and oxygen atoms in total. The van der Waals surface area contributed by atoms with Crippen LogP contribution in [0.3, 0.4) is 0 Å². The molecule has 8 heteroatoms.